The van der Waals surface area contributed by atoms with E-state index in [9.17, 15) is 47.1 Å². The van der Waals surface area contributed by atoms with E-state index in [0.29, 0.717) is 48.6 Å². The monoisotopic (exact) mass is 1660 g/mol. The molecule has 22 nitrogen and oxygen atoms in total. The molecular formula is C72H48F18N4O18S2. The molecule has 42 heteroatoms. The lowest BCUT2D eigenvalue weighted by molar-refractivity contribution is -0.237. The van der Waals surface area contributed by atoms with Gasteiger partial charge in [-0.05, 0) is 48.6 Å². The number of esters is 8. The smallest absolute Gasteiger partial charge is 0.303 e. The predicted molar refractivity (Wildman–Crippen MR) is 355 cm³/mol. The third kappa shape index (κ3) is 15.9. The number of ether oxygens (including phenoxy) is 10. The molecule has 2 saturated heterocycles. The molecule has 602 valence electrons. The number of carbonyl (C=O) groups excluding carboxylic acids is 8. The van der Waals surface area contributed by atoms with Gasteiger partial charge >= 0.3 is 47.8 Å². The predicted octanol–water partition coefficient (Wildman–Crippen LogP) is 14.2. The van der Waals surface area contributed by atoms with Crippen LogP contribution in [0.5, 0.6) is 0 Å². The molecule has 2 fully saturated rings. The van der Waals surface area contributed by atoms with E-state index in [2.05, 4.69) is 19.9 Å². The van der Waals surface area contributed by atoms with Crippen molar-refractivity contribution in [3.8, 4) is 44.5 Å². The molecule has 7 aromatic rings. The molecule has 2 N–H and O–H groups in total. The summed E-state index contributed by atoms with van der Waals surface area (Å²) in [6.07, 6.45) is -14.0. The maximum Gasteiger partial charge on any atom is 0.303 e. The molecule has 4 aliphatic rings. The van der Waals surface area contributed by atoms with Gasteiger partial charge in [0, 0.05) is 99.7 Å². The number of aromatic amines is 2. The van der Waals surface area contributed by atoms with E-state index in [1.165, 1.54) is 0 Å². The fourth-order valence-corrected chi connectivity index (χ4v) is 14.9. The highest BCUT2D eigenvalue weighted by molar-refractivity contribution is 8.00. The molecular weight excluding hydrogens is 1610 g/mol. The number of H-pyrrole nitrogens is 2. The zero-order chi connectivity index (χ0) is 83.6. The van der Waals surface area contributed by atoms with Gasteiger partial charge in [0.25, 0.3) is 0 Å². The molecule has 10 atom stereocenters. The van der Waals surface area contributed by atoms with Gasteiger partial charge in [0.2, 0.25) is 11.6 Å². The summed E-state index contributed by atoms with van der Waals surface area (Å²) in [6.45, 7) is 4.51. The number of nitrogens with one attached hydrogen (secondary N) is 2. The number of rotatable bonds is 18. The summed E-state index contributed by atoms with van der Waals surface area (Å²) in [6, 6.07) is 2.33. The summed E-state index contributed by atoms with van der Waals surface area (Å²) >= 11 is -0.748. The van der Waals surface area contributed by atoms with Gasteiger partial charge in [-0.2, -0.15) is 0 Å². The Morgan fingerprint density at radius 1 is 0.298 bits per heavy atom. The number of nitrogens with zero attached hydrogens (tertiary/aromatic N) is 2. The zero-order valence-corrected chi connectivity index (χ0v) is 60.3. The van der Waals surface area contributed by atoms with Crippen molar-refractivity contribution >= 4 is 118 Å². The molecule has 7 heterocycles. The van der Waals surface area contributed by atoms with Crippen LogP contribution in [0.15, 0.2) is 34.1 Å². The van der Waals surface area contributed by atoms with E-state index in [0.717, 1.165) is 55.4 Å². The molecule has 11 rings (SSSR count). The second-order valence-corrected chi connectivity index (χ2v) is 26.9. The number of hydrogen-bond donors (Lipinski definition) is 2. The van der Waals surface area contributed by atoms with Crippen molar-refractivity contribution in [2.45, 2.75) is 125 Å². The Morgan fingerprint density at radius 3 is 0.737 bits per heavy atom. The van der Waals surface area contributed by atoms with E-state index >= 15 is 70.2 Å². The first-order valence-corrected chi connectivity index (χ1v) is 34.3. The van der Waals surface area contributed by atoms with Crippen LogP contribution in [0.3, 0.4) is 0 Å². The Bertz CT molecular complexity index is 5090. The number of fused-ring (bicyclic) bond motifs is 8. The average Bonchev–Trinajstić information content (AvgIpc) is 1.52. The first-order chi connectivity index (χ1) is 53.6. The van der Waals surface area contributed by atoms with Gasteiger partial charge in [0.1, 0.15) is 36.3 Å². The van der Waals surface area contributed by atoms with Crippen molar-refractivity contribution in [1.29, 1.82) is 0 Å². The molecule has 0 saturated carbocycles. The second kappa shape index (κ2) is 33.0. The fourth-order valence-electron chi connectivity index (χ4n) is 12.6. The maximum atomic E-state index is 17.9. The Hall–Kier alpha value is -11.4. The summed E-state index contributed by atoms with van der Waals surface area (Å²) in [5.74, 6) is -56.7. The first-order valence-electron chi connectivity index (χ1n) is 32.5. The second-order valence-electron chi connectivity index (χ2n) is 24.7. The van der Waals surface area contributed by atoms with Crippen LogP contribution in [-0.4, -0.2) is 141 Å². The Morgan fingerprint density at radius 2 is 0.509 bits per heavy atom. The lowest BCUT2D eigenvalue weighted by Gasteiger charge is -2.44. The van der Waals surface area contributed by atoms with Crippen LogP contribution >= 0.6 is 23.5 Å². The van der Waals surface area contributed by atoms with Crippen molar-refractivity contribution in [3.63, 3.8) is 0 Å². The van der Waals surface area contributed by atoms with Gasteiger partial charge in [-0.15, -0.1) is 0 Å². The Labute approximate surface area is 634 Å². The molecule has 8 bridgehead atoms. The van der Waals surface area contributed by atoms with Crippen LogP contribution in [0.4, 0.5) is 79.0 Å². The number of carbonyl (C=O) groups is 8. The SMILES string of the molecule is CC(=O)OC[C@H]1O[C@@H](Sc2c(F)c(F)c(-c3c4nc(c(-c5c(F)c(F)c(S[C@@H]6O[C@H](COC(C)=O)[C@@H](OC(C)=O)[C@H](OC(C)=O)[C@H]6OC(C)=O)c(F)c5F)c5ccc([nH]5)c(-c5c(F)c(F)c(F)c(F)c5F)c5nc(c(-c6c(F)c(F)c(F)c(F)c6F)c6ccc3[nH]6)C=C5)C=C4)c(F)c2F)[C@H](OC(C)=O)[C@@H](OC(C)=O)[C@@H]1OC(C)=O. The van der Waals surface area contributed by atoms with Gasteiger partial charge in [-0.25, -0.2) is 89.0 Å². The third-order valence-corrected chi connectivity index (χ3v) is 19.4. The highest BCUT2D eigenvalue weighted by Gasteiger charge is 2.55. The van der Waals surface area contributed by atoms with Crippen LogP contribution in [0.25, 0.3) is 90.9 Å². The molecule has 0 aliphatic carbocycles. The topological polar surface area (TPSA) is 286 Å². The fraction of sp³-hybridized carbons (Fsp3) is 0.278. The Balaban J connectivity index is 1.24. The van der Waals surface area contributed by atoms with Crippen LogP contribution in [0.1, 0.15) is 78.2 Å². The minimum atomic E-state index is -2.80. The standard InChI is InChI=1S/C72H48F18N4O18S2/c1-19(95)103-17-35-63(105-21(3)97)65(107-23(5)99)67(109-25(7)101)71(111-35)113-69-59(87)49(77)43(50(78)60(69)88)39-31-13-11-29(92-31)37(41-45(73)53(81)57(85)54(82)46(41)74)27-9-10-28(91-27)38(42-47(75)55(83)58(86)56(84)48(42)76)30-12-14-32(93-30)40(34-16-15-33(39)94-34)44-51(79)61(89)70(62(90)52(44)80)114-72-68(110-26(8)102)66(108-24(6)100)64(106-22(4)98)36(112-72)18-104-20(2)96/h9-16,35-36,63-68,71-72,92-93H,17-18H2,1-8H3/t35-,36-,63-,64-,65+,66+,67-,68-,71+,72+/m1/s1. The van der Waals surface area contributed by atoms with Crippen molar-refractivity contribution < 1.29 is 165 Å². The summed E-state index contributed by atoms with van der Waals surface area (Å²) in [4.78, 5) is 109. The first kappa shape index (κ1) is 83.5. The molecule has 114 heavy (non-hydrogen) atoms. The van der Waals surface area contributed by atoms with E-state index in [1.807, 2.05) is 0 Å². The van der Waals surface area contributed by atoms with Crippen molar-refractivity contribution in [1.82, 2.24) is 19.9 Å². The van der Waals surface area contributed by atoms with Gasteiger partial charge in [0.15, 0.2) is 130 Å². The zero-order valence-electron chi connectivity index (χ0n) is 58.7. The van der Waals surface area contributed by atoms with Gasteiger partial charge < -0.3 is 57.3 Å². The summed E-state index contributed by atoms with van der Waals surface area (Å²) in [7, 11) is 0. The van der Waals surface area contributed by atoms with E-state index in [-0.39, 0.29) is 23.5 Å². The van der Waals surface area contributed by atoms with Crippen LogP contribution in [-0.2, 0) is 85.7 Å². The maximum absolute atomic E-state index is 17.9. The minimum absolute atomic E-state index is 0.374. The number of aromatic nitrogens is 4. The number of thioether (sulfide) groups is 2. The molecule has 4 aromatic carbocycles. The number of halogens is 18. The summed E-state index contributed by atoms with van der Waals surface area (Å²) < 4.78 is 354. The van der Waals surface area contributed by atoms with E-state index < -0.39 is 325 Å². The number of hydrogen-bond acceptors (Lipinski definition) is 22. The van der Waals surface area contributed by atoms with Crippen molar-refractivity contribution in [3.05, 3.63) is 152 Å². The molecule has 4 aliphatic heterocycles. The average molecular weight is 1660 g/mol. The van der Waals surface area contributed by atoms with Crippen LogP contribution in [0, 0.1) is 105 Å². The molecule has 0 unspecified atom stereocenters. The van der Waals surface area contributed by atoms with E-state index in [1.54, 1.807) is 0 Å². The van der Waals surface area contributed by atoms with E-state index in [4.69, 9.17) is 47.4 Å². The Kier molecular flexibility index (Phi) is 24.2. The lowest BCUT2D eigenvalue weighted by atomic mass is 9.99. The molecule has 0 amide bonds. The highest BCUT2D eigenvalue weighted by atomic mass is 32.2. The van der Waals surface area contributed by atoms with Gasteiger partial charge in [-0.3, -0.25) is 38.4 Å². The van der Waals surface area contributed by atoms with Crippen LogP contribution in [0.2, 0.25) is 0 Å². The highest BCUT2D eigenvalue weighted by Crippen LogP contribution is 2.50. The normalized spacial score (nSPS) is 19.8. The third-order valence-electron chi connectivity index (χ3n) is 17.0. The molecule has 0 spiro atoms. The van der Waals surface area contributed by atoms with Gasteiger partial charge in [0.05, 0.1) is 54.8 Å². The summed E-state index contributed by atoms with van der Waals surface area (Å²) in [5.41, 5.74) is -26.8. The largest absolute Gasteiger partial charge is 0.463 e. The lowest BCUT2D eigenvalue weighted by Crippen LogP contribution is -2.61. The van der Waals surface area contributed by atoms with Crippen molar-refractivity contribution in [2.24, 2.45) is 0 Å². The molecule has 0 radical (unpaired) electrons. The number of benzene rings is 4. The molecule has 3 aromatic heterocycles. The van der Waals surface area contributed by atoms with Crippen LogP contribution < -0.4 is 0 Å². The minimum Gasteiger partial charge on any atom is -0.463 e. The van der Waals surface area contributed by atoms with Crippen molar-refractivity contribution in [2.75, 3.05) is 13.2 Å². The summed E-state index contributed by atoms with van der Waals surface area (Å²) in [5, 5.41) is 0. The quantitative estimate of drug-likeness (QED) is 0.0265. The van der Waals surface area contributed by atoms with Gasteiger partial charge in [-0.1, -0.05) is 23.5 Å².